The van der Waals surface area contributed by atoms with Crippen LogP contribution in [0.15, 0.2) is 24.3 Å². The van der Waals surface area contributed by atoms with Crippen LogP contribution in [0.3, 0.4) is 0 Å². The fraction of sp³-hybridized carbons (Fsp3) is 0.667. The van der Waals surface area contributed by atoms with Gasteiger partial charge in [0.25, 0.3) is 0 Å². The Hall–Kier alpha value is -1.55. The third-order valence-electron chi connectivity index (χ3n) is 6.13. The number of unbranched alkanes of at least 4 members (excludes halogenated alkanes) is 1. The molecule has 1 spiro atoms. The topological polar surface area (TPSA) is 41.6 Å². The van der Waals surface area contributed by atoms with E-state index in [0.29, 0.717) is 11.9 Å². The van der Waals surface area contributed by atoms with E-state index >= 15 is 0 Å². The number of hydrogen-bond donors (Lipinski definition) is 1. The largest absolute Gasteiger partial charge is 0.487 e. The number of para-hydroxylation sites is 1. The van der Waals surface area contributed by atoms with E-state index in [2.05, 4.69) is 34.5 Å². The zero-order valence-corrected chi connectivity index (χ0v) is 15.1. The second-order valence-corrected chi connectivity index (χ2v) is 7.93. The van der Waals surface area contributed by atoms with Crippen LogP contribution in [0.1, 0.15) is 69.4 Å². The summed E-state index contributed by atoms with van der Waals surface area (Å²) in [6, 6.07) is 8.90. The van der Waals surface area contributed by atoms with E-state index in [1.807, 2.05) is 0 Å². The predicted molar refractivity (Wildman–Crippen MR) is 98.7 cm³/mol. The summed E-state index contributed by atoms with van der Waals surface area (Å²) in [5.74, 6) is 1.43. The smallest absolute Gasteiger partial charge is 0.222 e. The standard InChI is InChI=1S/C21H30N2O2/c24-20-10-3-5-14-23(20)15-6-4-13-22-18-16-21(11-7-12-21)25-19-9-2-1-8-17(18)19/h1-2,8-9,18,22H,3-7,10-16H2. The van der Waals surface area contributed by atoms with Gasteiger partial charge in [0.1, 0.15) is 11.4 Å². The molecule has 4 nitrogen and oxygen atoms in total. The van der Waals surface area contributed by atoms with Gasteiger partial charge in [0, 0.05) is 37.5 Å². The Morgan fingerprint density at radius 1 is 1.16 bits per heavy atom. The molecule has 2 aliphatic heterocycles. The van der Waals surface area contributed by atoms with Crippen LogP contribution in [0.2, 0.25) is 0 Å². The van der Waals surface area contributed by atoms with Crippen LogP contribution in [0, 0.1) is 0 Å². The summed E-state index contributed by atoms with van der Waals surface area (Å²) in [5.41, 5.74) is 1.40. The van der Waals surface area contributed by atoms with Crippen LogP contribution in [-0.2, 0) is 4.79 Å². The van der Waals surface area contributed by atoms with E-state index in [1.165, 1.54) is 31.2 Å². The van der Waals surface area contributed by atoms with Crippen LogP contribution in [0.5, 0.6) is 5.75 Å². The van der Waals surface area contributed by atoms with Gasteiger partial charge in [0.05, 0.1) is 0 Å². The number of hydrogen-bond acceptors (Lipinski definition) is 3. The maximum Gasteiger partial charge on any atom is 0.222 e. The summed E-state index contributed by atoms with van der Waals surface area (Å²) >= 11 is 0. The Morgan fingerprint density at radius 2 is 2.04 bits per heavy atom. The molecule has 2 heterocycles. The molecule has 1 saturated carbocycles. The first-order valence-corrected chi connectivity index (χ1v) is 10.0. The molecule has 0 aromatic heterocycles. The molecule has 1 amide bonds. The van der Waals surface area contributed by atoms with Gasteiger partial charge in [-0.1, -0.05) is 18.2 Å². The molecule has 25 heavy (non-hydrogen) atoms. The lowest BCUT2D eigenvalue weighted by Crippen LogP contribution is -2.49. The van der Waals surface area contributed by atoms with Crippen molar-refractivity contribution < 1.29 is 9.53 Å². The number of nitrogens with zero attached hydrogens (tertiary/aromatic N) is 1. The predicted octanol–water partition coefficient (Wildman–Crippen LogP) is 3.82. The Balaban J connectivity index is 1.27. The number of piperidine rings is 1. The molecule has 0 radical (unpaired) electrons. The Bertz CT molecular complexity index is 612. The number of nitrogens with one attached hydrogen (secondary N) is 1. The average molecular weight is 342 g/mol. The normalized spacial score (nSPS) is 24.6. The fourth-order valence-electron chi connectivity index (χ4n) is 4.48. The van der Waals surface area contributed by atoms with Gasteiger partial charge in [-0.25, -0.2) is 0 Å². The van der Waals surface area contributed by atoms with Gasteiger partial charge in [-0.15, -0.1) is 0 Å². The molecule has 1 saturated heterocycles. The molecule has 1 aromatic rings. The Morgan fingerprint density at radius 3 is 2.84 bits per heavy atom. The first kappa shape index (κ1) is 16.9. The van der Waals surface area contributed by atoms with Crippen LogP contribution in [0.25, 0.3) is 0 Å². The highest BCUT2D eigenvalue weighted by Gasteiger charge is 2.45. The number of amides is 1. The van der Waals surface area contributed by atoms with E-state index in [9.17, 15) is 4.79 Å². The van der Waals surface area contributed by atoms with Crippen molar-refractivity contribution in [2.75, 3.05) is 19.6 Å². The third-order valence-corrected chi connectivity index (χ3v) is 6.13. The number of likely N-dealkylation sites (tertiary alicyclic amines) is 1. The van der Waals surface area contributed by atoms with Crippen LogP contribution in [0.4, 0.5) is 0 Å². The minimum Gasteiger partial charge on any atom is -0.487 e. The van der Waals surface area contributed by atoms with Crippen molar-refractivity contribution in [2.24, 2.45) is 0 Å². The first-order valence-electron chi connectivity index (χ1n) is 10.0. The minimum atomic E-state index is 0.0895. The average Bonchev–Trinajstić information content (AvgIpc) is 2.61. The molecule has 1 aliphatic carbocycles. The zero-order chi connectivity index (χ0) is 17.1. The number of rotatable bonds is 6. The van der Waals surface area contributed by atoms with Crippen molar-refractivity contribution in [3.63, 3.8) is 0 Å². The van der Waals surface area contributed by atoms with Crippen LogP contribution in [-0.4, -0.2) is 36.0 Å². The summed E-state index contributed by atoms with van der Waals surface area (Å²) in [7, 11) is 0. The summed E-state index contributed by atoms with van der Waals surface area (Å²) in [6.07, 6.45) is 9.97. The van der Waals surface area contributed by atoms with Gasteiger partial charge >= 0.3 is 0 Å². The zero-order valence-electron chi connectivity index (χ0n) is 15.1. The van der Waals surface area contributed by atoms with Crippen LogP contribution < -0.4 is 10.1 Å². The SMILES string of the molecule is O=C1CCCCN1CCCCNC1CC2(CCC2)Oc2ccccc21. The van der Waals surface area contributed by atoms with E-state index in [0.717, 1.165) is 57.5 Å². The highest BCUT2D eigenvalue weighted by atomic mass is 16.5. The van der Waals surface area contributed by atoms with Crippen molar-refractivity contribution >= 4 is 5.91 Å². The third kappa shape index (κ3) is 3.69. The molecule has 2 fully saturated rings. The van der Waals surface area contributed by atoms with Gasteiger partial charge in [0.15, 0.2) is 0 Å². The molecule has 4 heteroatoms. The second-order valence-electron chi connectivity index (χ2n) is 7.93. The summed E-state index contributed by atoms with van der Waals surface area (Å²) in [6.45, 7) is 2.90. The molecule has 136 valence electrons. The van der Waals surface area contributed by atoms with Gasteiger partial charge in [-0.2, -0.15) is 0 Å². The fourth-order valence-corrected chi connectivity index (χ4v) is 4.48. The van der Waals surface area contributed by atoms with Crippen molar-refractivity contribution in [3.05, 3.63) is 29.8 Å². The van der Waals surface area contributed by atoms with Crippen molar-refractivity contribution in [2.45, 2.75) is 69.4 Å². The van der Waals surface area contributed by atoms with Gasteiger partial charge < -0.3 is 15.0 Å². The molecular formula is C21H30N2O2. The van der Waals surface area contributed by atoms with Gasteiger partial charge in [-0.05, 0) is 57.6 Å². The van der Waals surface area contributed by atoms with Gasteiger partial charge in [0.2, 0.25) is 5.91 Å². The van der Waals surface area contributed by atoms with Crippen LogP contribution >= 0.6 is 0 Å². The maximum absolute atomic E-state index is 11.9. The molecule has 3 aliphatic rings. The summed E-state index contributed by atoms with van der Waals surface area (Å²) in [4.78, 5) is 13.9. The van der Waals surface area contributed by atoms with Crippen molar-refractivity contribution in [3.8, 4) is 5.75 Å². The molecule has 4 rings (SSSR count). The molecule has 1 N–H and O–H groups in total. The second kappa shape index (κ2) is 7.36. The number of fused-ring (bicyclic) bond motifs is 1. The number of carbonyl (C=O) groups is 1. The van der Waals surface area contributed by atoms with E-state index in [1.54, 1.807) is 0 Å². The Labute approximate surface area is 150 Å². The lowest BCUT2D eigenvalue weighted by molar-refractivity contribution is -0.133. The number of carbonyl (C=O) groups excluding carboxylic acids is 1. The molecule has 0 bridgehead atoms. The minimum absolute atomic E-state index is 0.0895. The Kier molecular flexibility index (Phi) is 4.98. The molecular weight excluding hydrogens is 312 g/mol. The highest BCUT2D eigenvalue weighted by Crippen LogP contribution is 2.48. The van der Waals surface area contributed by atoms with E-state index in [4.69, 9.17) is 4.74 Å². The highest BCUT2D eigenvalue weighted by molar-refractivity contribution is 5.76. The monoisotopic (exact) mass is 342 g/mol. The lowest BCUT2D eigenvalue weighted by Gasteiger charge is -2.48. The van der Waals surface area contributed by atoms with Crippen molar-refractivity contribution in [1.82, 2.24) is 10.2 Å². The molecule has 1 unspecified atom stereocenters. The quantitative estimate of drug-likeness (QED) is 0.799. The van der Waals surface area contributed by atoms with Crippen molar-refractivity contribution in [1.29, 1.82) is 0 Å². The maximum atomic E-state index is 11.9. The number of benzene rings is 1. The van der Waals surface area contributed by atoms with E-state index < -0.39 is 0 Å². The number of ether oxygens (including phenoxy) is 1. The van der Waals surface area contributed by atoms with Gasteiger partial charge in [-0.3, -0.25) is 4.79 Å². The molecule has 1 aromatic carbocycles. The summed E-state index contributed by atoms with van der Waals surface area (Å²) in [5, 5.41) is 3.77. The van der Waals surface area contributed by atoms with E-state index in [-0.39, 0.29) is 5.60 Å². The first-order chi connectivity index (χ1) is 12.3. The summed E-state index contributed by atoms with van der Waals surface area (Å²) < 4.78 is 6.32. The lowest BCUT2D eigenvalue weighted by atomic mass is 9.73. The molecule has 1 atom stereocenters.